The van der Waals surface area contributed by atoms with Crippen molar-refractivity contribution in [2.45, 2.75) is 0 Å². The molecule has 0 atom stereocenters. The lowest BCUT2D eigenvalue weighted by Crippen LogP contribution is -2.08. The van der Waals surface area contributed by atoms with Crippen LogP contribution in [0.15, 0.2) is 53.7 Å². The first-order chi connectivity index (χ1) is 8.75. The van der Waals surface area contributed by atoms with Crippen molar-refractivity contribution >= 4 is 10.9 Å². The molecular weight excluding hydrogens is 233 g/mol. The summed E-state index contributed by atoms with van der Waals surface area (Å²) in [7, 11) is 0. The average molecular weight is 241 g/mol. The van der Waals surface area contributed by atoms with E-state index in [9.17, 15) is 9.18 Å². The van der Waals surface area contributed by atoms with Crippen LogP contribution >= 0.6 is 0 Å². The Morgan fingerprint density at radius 2 is 1.89 bits per heavy atom. The third-order valence-corrected chi connectivity index (χ3v) is 2.63. The van der Waals surface area contributed by atoms with E-state index in [2.05, 4.69) is 9.97 Å². The van der Waals surface area contributed by atoms with Crippen LogP contribution in [0.25, 0.3) is 16.9 Å². The first kappa shape index (κ1) is 10.6. The second kappa shape index (κ2) is 4.03. The van der Waals surface area contributed by atoms with E-state index >= 15 is 0 Å². The number of pyridine rings is 1. The minimum atomic E-state index is -0.439. The summed E-state index contributed by atoms with van der Waals surface area (Å²) in [5.74, 6) is 0.000406. The first-order valence-electron chi connectivity index (χ1n) is 5.34. The van der Waals surface area contributed by atoms with Gasteiger partial charge in [0.05, 0.1) is 5.52 Å². The molecule has 0 amide bonds. The standard InChI is InChI=1S/C13H8FN3O/c14-9-2-3-11-10(8-9)12(18)4-7-17(11)13-15-5-1-6-16-13/h1-8H. The van der Waals surface area contributed by atoms with Crippen molar-refractivity contribution in [2.24, 2.45) is 0 Å². The molecule has 3 rings (SSSR count). The zero-order valence-electron chi connectivity index (χ0n) is 9.25. The molecule has 0 spiro atoms. The minimum absolute atomic E-state index is 0.225. The molecule has 0 bridgehead atoms. The zero-order chi connectivity index (χ0) is 12.5. The normalized spacial score (nSPS) is 10.7. The van der Waals surface area contributed by atoms with E-state index in [1.807, 2.05) is 0 Å². The summed E-state index contributed by atoms with van der Waals surface area (Å²) in [6.07, 6.45) is 4.80. The van der Waals surface area contributed by atoms with Gasteiger partial charge in [0.25, 0.3) is 0 Å². The van der Waals surface area contributed by atoms with Crippen molar-refractivity contribution in [3.05, 3.63) is 65.0 Å². The summed E-state index contributed by atoms with van der Waals surface area (Å²) in [4.78, 5) is 19.9. The van der Waals surface area contributed by atoms with Gasteiger partial charge in [0.15, 0.2) is 5.43 Å². The summed E-state index contributed by atoms with van der Waals surface area (Å²) < 4.78 is 14.8. The Hall–Kier alpha value is -2.56. The summed E-state index contributed by atoms with van der Waals surface area (Å²) in [6, 6.07) is 7.15. The van der Waals surface area contributed by atoms with Crippen molar-refractivity contribution in [3.63, 3.8) is 0 Å². The van der Waals surface area contributed by atoms with Crippen molar-refractivity contribution in [3.8, 4) is 5.95 Å². The lowest BCUT2D eigenvalue weighted by atomic mass is 10.2. The van der Waals surface area contributed by atoms with Crippen LogP contribution in [0.4, 0.5) is 4.39 Å². The Labute approximate surface area is 101 Å². The Morgan fingerprint density at radius 3 is 2.67 bits per heavy atom. The summed E-state index contributed by atoms with van der Waals surface area (Å²) in [5, 5.41) is 0.310. The summed E-state index contributed by atoms with van der Waals surface area (Å²) in [6.45, 7) is 0. The van der Waals surface area contributed by atoms with E-state index in [0.717, 1.165) is 0 Å². The maximum absolute atomic E-state index is 13.2. The minimum Gasteiger partial charge on any atom is -0.289 e. The number of hydrogen-bond acceptors (Lipinski definition) is 3. The fourth-order valence-electron chi connectivity index (χ4n) is 1.82. The van der Waals surface area contributed by atoms with Gasteiger partial charge in [-0.25, -0.2) is 14.4 Å². The summed E-state index contributed by atoms with van der Waals surface area (Å²) in [5.41, 5.74) is 0.354. The van der Waals surface area contributed by atoms with E-state index in [4.69, 9.17) is 0 Å². The molecule has 0 unspecified atom stereocenters. The molecule has 4 nitrogen and oxygen atoms in total. The average Bonchev–Trinajstić information content (AvgIpc) is 2.41. The number of fused-ring (bicyclic) bond motifs is 1. The molecular formula is C13H8FN3O. The van der Waals surface area contributed by atoms with Crippen LogP contribution in [-0.4, -0.2) is 14.5 Å². The molecule has 0 N–H and O–H groups in total. The number of rotatable bonds is 1. The van der Waals surface area contributed by atoms with Gasteiger partial charge in [-0.3, -0.25) is 9.36 Å². The highest BCUT2D eigenvalue weighted by Crippen LogP contribution is 2.14. The van der Waals surface area contributed by atoms with E-state index in [0.29, 0.717) is 16.9 Å². The van der Waals surface area contributed by atoms with E-state index in [1.165, 1.54) is 18.2 Å². The van der Waals surface area contributed by atoms with Gasteiger partial charge >= 0.3 is 0 Å². The molecule has 2 heterocycles. The van der Waals surface area contributed by atoms with Gasteiger partial charge in [-0.1, -0.05) is 0 Å². The molecule has 0 radical (unpaired) electrons. The Bertz CT molecular complexity index is 768. The third kappa shape index (κ3) is 1.66. The fraction of sp³-hybridized carbons (Fsp3) is 0. The molecule has 0 saturated carbocycles. The molecule has 5 heteroatoms. The number of nitrogens with zero attached hydrogens (tertiary/aromatic N) is 3. The predicted molar refractivity (Wildman–Crippen MR) is 65.1 cm³/mol. The van der Waals surface area contributed by atoms with E-state index in [-0.39, 0.29) is 5.43 Å². The van der Waals surface area contributed by atoms with Gasteiger partial charge in [0.2, 0.25) is 5.95 Å². The monoisotopic (exact) mass is 241 g/mol. The van der Waals surface area contributed by atoms with Gasteiger partial charge in [-0.2, -0.15) is 0 Å². The van der Waals surface area contributed by atoms with E-state index in [1.54, 1.807) is 35.3 Å². The molecule has 18 heavy (non-hydrogen) atoms. The van der Waals surface area contributed by atoms with Gasteiger partial charge in [0, 0.05) is 30.0 Å². The van der Waals surface area contributed by atoms with Crippen LogP contribution in [0.5, 0.6) is 0 Å². The Kier molecular flexibility index (Phi) is 2.37. The van der Waals surface area contributed by atoms with Crippen molar-refractivity contribution in [2.75, 3.05) is 0 Å². The van der Waals surface area contributed by atoms with Crippen LogP contribution in [-0.2, 0) is 0 Å². The van der Waals surface area contributed by atoms with Gasteiger partial charge in [-0.05, 0) is 24.3 Å². The Balaban J connectivity index is 2.39. The lowest BCUT2D eigenvalue weighted by molar-refractivity contribution is 0.629. The molecule has 2 aromatic heterocycles. The molecule has 1 aromatic carbocycles. The van der Waals surface area contributed by atoms with Crippen LogP contribution in [0.3, 0.4) is 0 Å². The molecule has 3 aromatic rings. The molecule has 0 aliphatic carbocycles. The smallest absolute Gasteiger partial charge is 0.234 e. The van der Waals surface area contributed by atoms with Crippen LogP contribution in [0, 0.1) is 5.82 Å². The van der Waals surface area contributed by atoms with Crippen molar-refractivity contribution in [1.29, 1.82) is 0 Å². The number of hydrogen-bond donors (Lipinski definition) is 0. The second-order valence-corrected chi connectivity index (χ2v) is 3.76. The molecule has 0 saturated heterocycles. The lowest BCUT2D eigenvalue weighted by Gasteiger charge is -2.08. The highest BCUT2D eigenvalue weighted by molar-refractivity contribution is 5.79. The van der Waals surface area contributed by atoms with Gasteiger partial charge < -0.3 is 0 Å². The molecule has 88 valence electrons. The molecule has 0 aliphatic heterocycles. The maximum Gasteiger partial charge on any atom is 0.234 e. The zero-order valence-corrected chi connectivity index (χ0v) is 9.25. The highest BCUT2D eigenvalue weighted by Gasteiger charge is 2.06. The fourth-order valence-corrected chi connectivity index (χ4v) is 1.82. The number of halogens is 1. The van der Waals surface area contributed by atoms with Crippen LogP contribution in [0.2, 0.25) is 0 Å². The number of benzene rings is 1. The van der Waals surface area contributed by atoms with Crippen LogP contribution in [0.1, 0.15) is 0 Å². The first-order valence-corrected chi connectivity index (χ1v) is 5.34. The third-order valence-electron chi connectivity index (χ3n) is 2.63. The van der Waals surface area contributed by atoms with Crippen molar-refractivity contribution in [1.82, 2.24) is 14.5 Å². The second-order valence-electron chi connectivity index (χ2n) is 3.76. The van der Waals surface area contributed by atoms with Gasteiger partial charge in [-0.15, -0.1) is 0 Å². The number of aromatic nitrogens is 3. The summed E-state index contributed by atoms with van der Waals surface area (Å²) >= 11 is 0. The Morgan fingerprint density at radius 1 is 1.11 bits per heavy atom. The van der Waals surface area contributed by atoms with Crippen LogP contribution < -0.4 is 5.43 Å². The van der Waals surface area contributed by atoms with Gasteiger partial charge in [0.1, 0.15) is 5.82 Å². The maximum atomic E-state index is 13.2. The predicted octanol–water partition coefficient (Wildman–Crippen LogP) is 1.92. The SMILES string of the molecule is O=c1ccn(-c2ncccn2)c2ccc(F)cc12. The molecule has 0 fully saturated rings. The largest absolute Gasteiger partial charge is 0.289 e. The highest BCUT2D eigenvalue weighted by atomic mass is 19.1. The van der Waals surface area contributed by atoms with Crippen molar-refractivity contribution < 1.29 is 4.39 Å². The quantitative estimate of drug-likeness (QED) is 0.654. The molecule has 0 aliphatic rings. The topological polar surface area (TPSA) is 47.8 Å². The van der Waals surface area contributed by atoms with E-state index < -0.39 is 5.82 Å².